The molecule has 8 heteroatoms. The Morgan fingerprint density at radius 2 is 1.75 bits per heavy atom. The van der Waals surface area contributed by atoms with Crippen molar-refractivity contribution in [3.05, 3.63) is 53.6 Å². The summed E-state index contributed by atoms with van der Waals surface area (Å²) in [5.41, 5.74) is 0.961. The van der Waals surface area contributed by atoms with E-state index in [2.05, 4.69) is 5.32 Å². The minimum Gasteiger partial charge on any atom is -0.497 e. The Labute approximate surface area is 140 Å². The normalized spacial score (nSPS) is 11.0. The first-order valence-electron chi connectivity index (χ1n) is 6.97. The molecule has 0 aliphatic carbocycles. The molecule has 0 radical (unpaired) electrons. The maximum atomic E-state index is 12.3. The van der Waals surface area contributed by atoms with Crippen LogP contribution in [0.25, 0.3) is 0 Å². The molecule has 0 aliphatic heterocycles. The van der Waals surface area contributed by atoms with Gasteiger partial charge in [0.15, 0.2) is 0 Å². The van der Waals surface area contributed by atoms with Gasteiger partial charge in [-0.2, -0.15) is 0 Å². The summed E-state index contributed by atoms with van der Waals surface area (Å²) in [6, 6.07) is 11.1. The van der Waals surface area contributed by atoms with E-state index in [0.29, 0.717) is 5.75 Å². The average molecular weight is 350 g/mol. The lowest BCUT2D eigenvalue weighted by atomic mass is 10.1. The molecule has 0 saturated heterocycles. The van der Waals surface area contributed by atoms with Crippen LogP contribution < -0.4 is 19.9 Å². The van der Waals surface area contributed by atoms with Crippen molar-refractivity contribution in [1.29, 1.82) is 0 Å². The monoisotopic (exact) mass is 350 g/mol. The Morgan fingerprint density at radius 3 is 2.29 bits per heavy atom. The molecule has 2 aromatic rings. The van der Waals surface area contributed by atoms with Crippen molar-refractivity contribution in [2.45, 2.75) is 11.4 Å². The summed E-state index contributed by atoms with van der Waals surface area (Å²) in [6.45, 7) is 0.269. The third-order valence-electron chi connectivity index (χ3n) is 3.36. The summed E-state index contributed by atoms with van der Waals surface area (Å²) in [7, 11) is -0.942. The molecule has 3 N–H and O–H groups in total. The van der Waals surface area contributed by atoms with Crippen molar-refractivity contribution < 1.29 is 22.7 Å². The fourth-order valence-corrected chi connectivity index (χ4v) is 2.60. The molecule has 0 aromatic heterocycles. The van der Waals surface area contributed by atoms with Crippen molar-refractivity contribution in [2.75, 3.05) is 14.2 Å². The van der Waals surface area contributed by atoms with E-state index in [9.17, 15) is 13.2 Å². The van der Waals surface area contributed by atoms with Gasteiger partial charge >= 0.3 is 0 Å². The molecule has 0 saturated carbocycles. The number of carbonyl (C=O) groups is 1. The van der Waals surface area contributed by atoms with E-state index in [1.165, 1.54) is 25.3 Å². The molecule has 0 aliphatic rings. The van der Waals surface area contributed by atoms with Crippen molar-refractivity contribution in [3.8, 4) is 11.5 Å². The number of sulfonamides is 1. The number of benzene rings is 2. The Morgan fingerprint density at radius 1 is 1.08 bits per heavy atom. The Kier molecular flexibility index (Phi) is 5.42. The average Bonchev–Trinajstić information content (AvgIpc) is 2.58. The largest absolute Gasteiger partial charge is 0.497 e. The molecule has 2 rings (SSSR count). The molecule has 1 amide bonds. The first-order valence-corrected chi connectivity index (χ1v) is 8.51. The Hall–Kier alpha value is -2.58. The molecule has 24 heavy (non-hydrogen) atoms. The lowest BCUT2D eigenvalue weighted by Crippen LogP contribution is -2.24. The van der Waals surface area contributed by atoms with Gasteiger partial charge in [-0.3, -0.25) is 4.79 Å². The summed E-state index contributed by atoms with van der Waals surface area (Å²) in [5.74, 6) is 0.510. The van der Waals surface area contributed by atoms with E-state index in [-0.39, 0.29) is 22.8 Å². The van der Waals surface area contributed by atoms with Crippen LogP contribution in [0.1, 0.15) is 15.9 Å². The van der Waals surface area contributed by atoms with E-state index in [0.717, 1.165) is 5.56 Å². The highest BCUT2D eigenvalue weighted by Gasteiger charge is 2.17. The summed E-state index contributed by atoms with van der Waals surface area (Å²) in [5, 5.41) is 7.81. The van der Waals surface area contributed by atoms with Crippen molar-refractivity contribution in [1.82, 2.24) is 5.32 Å². The lowest BCUT2D eigenvalue weighted by molar-refractivity contribution is 0.0947. The second-order valence-electron chi connectivity index (χ2n) is 4.94. The SMILES string of the molecule is COc1ccc(CNC(=O)c2cc(S(N)(=O)=O)ccc2OC)cc1. The third kappa shape index (κ3) is 4.24. The Balaban J connectivity index is 2.18. The van der Waals surface area contributed by atoms with E-state index < -0.39 is 15.9 Å². The van der Waals surface area contributed by atoms with Crippen LogP contribution in [0.15, 0.2) is 47.4 Å². The van der Waals surface area contributed by atoms with Crippen molar-refractivity contribution in [2.24, 2.45) is 5.14 Å². The summed E-state index contributed by atoms with van der Waals surface area (Å²) in [6.07, 6.45) is 0. The molecule has 2 aromatic carbocycles. The molecular formula is C16H18N2O5S. The lowest BCUT2D eigenvalue weighted by Gasteiger charge is -2.11. The van der Waals surface area contributed by atoms with Gasteiger partial charge in [0.25, 0.3) is 5.91 Å². The second kappa shape index (κ2) is 7.33. The number of methoxy groups -OCH3 is 2. The number of nitrogens with one attached hydrogen (secondary N) is 1. The van der Waals surface area contributed by atoms with Crippen molar-refractivity contribution in [3.63, 3.8) is 0 Å². The highest BCUT2D eigenvalue weighted by Crippen LogP contribution is 2.22. The third-order valence-corrected chi connectivity index (χ3v) is 4.27. The van der Waals surface area contributed by atoms with Crippen LogP contribution in [-0.2, 0) is 16.6 Å². The van der Waals surface area contributed by atoms with E-state index >= 15 is 0 Å². The van der Waals surface area contributed by atoms with Crippen LogP contribution in [0, 0.1) is 0 Å². The van der Waals surface area contributed by atoms with Crippen LogP contribution in [-0.4, -0.2) is 28.5 Å². The van der Waals surface area contributed by atoms with E-state index in [1.54, 1.807) is 19.2 Å². The quantitative estimate of drug-likeness (QED) is 0.816. The zero-order valence-corrected chi connectivity index (χ0v) is 14.1. The molecule has 0 atom stereocenters. The van der Waals surface area contributed by atoms with Crippen LogP contribution in [0.3, 0.4) is 0 Å². The molecule has 0 fully saturated rings. The number of amides is 1. The zero-order chi connectivity index (χ0) is 17.7. The van der Waals surface area contributed by atoms with Gasteiger partial charge in [-0.1, -0.05) is 12.1 Å². The van der Waals surface area contributed by atoms with Gasteiger partial charge in [-0.15, -0.1) is 0 Å². The first-order chi connectivity index (χ1) is 11.3. The van der Waals surface area contributed by atoms with E-state index in [4.69, 9.17) is 14.6 Å². The molecule has 0 bridgehead atoms. The zero-order valence-electron chi connectivity index (χ0n) is 13.3. The molecule has 0 heterocycles. The van der Waals surface area contributed by atoms with Crippen LogP contribution >= 0.6 is 0 Å². The number of nitrogens with two attached hydrogens (primary N) is 1. The fourth-order valence-electron chi connectivity index (χ4n) is 2.06. The molecule has 7 nitrogen and oxygen atoms in total. The maximum Gasteiger partial charge on any atom is 0.255 e. The van der Waals surface area contributed by atoms with Crippen molar-refractivity contribution >= 4 is 15.9 Å². The number of hydrogen-bond donors (Lipinski definition) is 2. The highest BCUT2D eigenvalue weighted by molar-refractivity contribution is 7.89. The molecule has 0 unspecified atom stereocenters. The van der Waals surface area contributed by atoms with Gasteiger partial charge in [0, 0.05) is 6.54 Å². The Bertz CT molecular complexity index is 832. The fraction of sp³-hybridized carbons (Fsp3) is 0.188. The molecule has 128 valence electrons. The predicted octanol–water partition coefficient (Wildman–Crippen LogP) is 1.28. The van der Waals surface area contributed by atoms with Gasteiger partial charge in [-0.05, 0) is 35.9 Å². The van der Waals surface area contributed by atoms with Gasteiger partial charge in [0.1, 0.15) is 11.5 Å². The topological polar surface area (TPSA) is 108 Å². The highest BCUT2D eigenvalue weighted by atomic mass is 32.2. The van der Waals surface area contributed by atoms with Crippen LogP contribution in [0.4, 0.5) is 0 Å². The van der Waals surface area contributed by atoms with Crippen LogP contribution in [0.2, 0.25) is 0 Å². The minimum absolute atomic E-state index is 0.0949. The van der Waals surface area contributed by atoms with Crippen LogP contribution in [0.5, 0.6) is 11.5 Å². The molecule has 0 spiro atoms. The summed E-state index contributed by atoms with van der Waals surface area (Å²) in [4.78, 5) is 12.2. The second-order valence-corrected chi connectivity index (χ2v) is 6.50. The van der Waals surface area contributed by atoms with Gasteiger partial charge in [0.2, 0.25) is 10.0 Å². The van der Waals surface area contributed by atoms with Gasteiger partial charge in [0.05, 0.1) is 24.7 Å². The number of rotatable bonds is 6. The number of carbonyl (C=O) groups excluding carboxylic acids is 1. The number of hydrogen-bond acceptors (Lipinski definition) is 5. The standard InChI is InChI=1S/C16H18N2O5S/c1-22-12-5-3-11(4-6-12)10-18-16(19)14-9-13(24(17,20)21)7-8-15(14)23-2/h3-9H,10H2,1-2H3,(H,18,19)(H2,17,20,21). The van der Waals surface area contributed by atoms with Gasteiger partial charge < -0.3 is 14.8 Å². The minimum atomic E-state index is -3.91. The smallest absolute Gasteiger partial charge is 0.255 e. The molecular weight excluding hydrogens is 332 g/mol. The van der Waals surface area contributed by atoms with Gasteiger partial charge in [-0.25, -0.2) is 13.6 Å². The summed E-state index contributed by atoms with van der Waals surface area (Å²) >= 11 is 0. The maximum absolute atomic E-state index is 12.3. The predicted molar refractivity (Wildman–Crippen MR) is 88.5 cm³/mol. The number of primary sulfonamides is 1. The van der Waals surface area contributed by atoms with E-state index in [1.807, 2.05) is 12.1 Å². The number of ether oxygens (including phenoxy) is 2. The summed E-state index contributed by atoms with van der Waals surface area (Å²) < 4.78 is 33.1. The first kappa shape index (κ1) is 17.8.